The lowest BCUT2D eigenvalue weighted by Gasteiger charge is -2.02. The molecule has 0 amide bonds. The number of aliphatic hydroxyl groups is 1. The van der Waals surface area contributed by atoms with Gasteiger partial charge in [0, 0.05) is 11.6 Å². The number of carbonyl (C=O) groups is 2. The summed E-state index contributed by atoms with van der Waals surface area (Å²) in [7, 11) is 0. The lowest BCUT2D eigenvalue weighted by atomic mass is 10.1. The van der Waals surface area contributed by atoms with Crippen molar-refractivity contribution in [3.63, 3.8) is 0 Å². The maximum Gasteiger partial charge on any atom is 0.333 e. The van der Waals surface area contributed by atoms with Gasteiger partial charge in [0.2, 0.25) is 0 Å². The quantitative estimate of drug-likeness (QED) is 0.391. The average molecular weight is 360 g/mol. The largest absolute Gasteiger partial charge is 0.463 e. The second-order valence-corrected chi connectivity index (χ2v) is 5.21. The van der Waals surface area contributed by atoms with Gasteiger partial charge in [-0.3, -0.25) is 0 Å². The van der Waals surface area contributed by atoms with Gasteiger partial charge in [0.05, 0.1) is 13.2 Å². The lowest BCUT2D eigenvalue weighted by Crippen LogP contribution is -2.09. The van der Waals surface area contributed by atoms with Crippen LogP contribution in [0.15, 0.2) is 61.2 Å². The van der Waals surface area contributed by atoms with Gasteiger partial charge in [-0.25, -0.2) is 9.59 Å². The molecule has 0 spiro atoms. The number of esters is 2. The number of ether oxygens (including phenoxy) is 2. The molecule has 1 aromatic rings. The van der Waals surface area contributed by atoms with Crippen molar-refractivity contribution in [1.82, 2.24) is 0 Å². The zero-order valence-electron chi connectivity index (χ0n) is 15.4. The van der Waals surface area contributed by atoms with Gasteiger partial charge < -0.3 is 14.6 Å². The van der Waals surface area contributed by atoms with Crippen LogP contribution in [0.1, 0.15) is 31.7 Å². The first-order valence-corrected chi connectivity index (χ1v) is 8.51. The first-order valence-electron chi connectivity index (χ1n) is 8.51. The number of unbranched alkanes of at least 4 members (excludes halogenated alkanes) is 1. The zero-order valence-corrected chi connectivity index (χ0v) is 15.4. The van der Waals surface area contributed by atoms with E-state index in [0.717, 1.165) is 18.4 Å². The number of rotatable bonds is 10. The fourth-order valence-electron chi connectivity index (χ4n) is 1.60. The minimum Gasteiger partial charge on any atom is -0.463 e. The molecule has 0 aliphatic rings. The van der Waals surface area contributed by atoms with Gasteiger partial charge in [0.15, 0.2) is 0 Å². The van der Waals surface area contributed by atoms with Crippen molar-refractivity contribution in [1.29, 1.82) is 0 Å². The Balaban J connectivity index is 0.000000590. The normalized spacial score (nSPS) is 9.77. The molecule has 0 aliphatic heterocycles. The van der Waals surface area contributed by atoms with Crippen LogP contribution in [0.2, 0.25) is 0 Å². The topological polar surface area (TPSA) is 72.8 Å². The summed E-state index contributed by atoms with van der Waals surface area (Å²) in [5.74, 6) is -0.791. The maximum absolute atomic E-state index is 11.3. The van der Waals surface area contributed by atoms with Crippen molar-refractivity contribution in [2.75, 3.05) is 19.8 Å². The Morgan fingerprint density at radius 3 is 2.42 bits per heavy atom. The van der Waals surface area contributed by atoms with Gasteiger partial charge in [-0.15, -0.1) is 0 Å². The third kappa shape index (κ3) is 12.7. The highest BCUT2D eigenvalue weighted by atomic mass is 16.5. The highest BCUT2D eigenvalue weighted by molar-refractivity contribution is 5.88. The second-order valence-electron chi connectivity index (χ2n) is 5.21. The van der Waals surface area contributed by atoms with Crippen molar-refractivity contribution in [3.8, 4) is 0 Å². The van der Waals surface area contributed by atoms with E-state index in [1.807, 2.05) is 49.4 Å². The molecular weight excluding hydrogens is 332 g/mol. The van der Waals surface area contributed by atoms with Crippen LogP contribution in [-0.2, 0) is 19.1 Å². The van der Waals surface area contributed by atoms with Crippen LogP contribution in [-0.4, -0.2) is 36.9 Å². The SMILES string of the molecule is C=C(CC=Cc1ccccc1)C(=O)OCCO.C=CC(=O)OCCCC. The molecule has 0 aromatic heterocycles. The van der Waals surface area contributed by atoms with Gasteiger partial charge in [-0.05, 0) is 18.4 Å². The van der Waals surface area contributed by atoms with Crippen LogP contribution in [0.5, 0.6) is 0 Å². The van der Waals surface area contributed by atoms with E-state index in [0.29, 0.717) is 18.6 Å². The Morgan fingerprint density at radius 2 is 1.85 bits per heavy atom. The van der Waals surface area contributed by atoms with Crippen LogP contribution >= 0.6 is 0 Å². The van der Waals surface area contributed by atoms with E-state index in [9.17, 15) is 9.59 Å². The first kappa shape index (κ1) is 23.3. The smallest absolute Gasteiger partial charge is 0.333 e. The number of aliphatic hydroxyl groups excluding tert-OH is 1. The fraction of sp³-hybridized carbons (Fsp3) is 0.333. The molecule has 0 heterocycles. The van der Waals surface area contributed by atoms with E-state index in [4.69, 9.17) is 9.84 Å². The molecule has 0 fully saturated rings. The molecule has 26 heavy (non-hydrogen) atoms. The molecule has 142 valence electrons. The van der Waals surface area contributed by atoms with E-state index in [2.05, 4.69) is 17.9 Å². The minimum absolute atomic E-state index is 0.0141. The third-order valence-electron chi connectivity index (χ3n) is 3.00. The summed E-state index contributed by atoms with van der Waals surface area (Å²) in [5, 5.41) is 8.50. The Morgan fingerprint density at radius 1 is 1.15 bits per heavy atom. The van der Waals surface area contributed by atoms with Crippen LogP contribution in [0.4, 0.5) is 0 Å². The fourth-order valence-corrected chi connectivity index (χ4v) is 1.60. The van der Waals surface area contributed by atoms with Crippen LogP contribution in [0.25, 0.3) is 6.08 Å². The van der Waals surface area contributed by atoms with Gasteiger partial charge in [0.25, 0.3) is 0 Å². The molecule has 0 bridgehead atoms. The average Bonchev–Trinajstić information content (AvgIpc) is 2.67. The maximum atomic E-state index is 11.3. The Hall–Kier alpha value is -2.66. The summed E-state index contributed by atoms with van der Waals surface area (Å²) in [6.07, 6.45) is 7.38. The molecule has 0 unspecified atom stereocenters. The molecule has 0 aliphatic carbocycles. The van der Waals surface area contributed by atoms with Crippen molar-refractivity contribution in [2.45, 2.75) is 26.2 Å². The van der Waals surface area contributed by atoms with E-state index in [-0.39, 0.29) is 19.2 Å². The summed E-state index contributed by atoms with van der Waals surface area (Å²) in [5.41, 5.74) is 1.45. The number of benzene rings is 1. The molecule has 5 heteroatoms. The molecular formula is C21H28O5. The predicted octanol–water partition coefficient (Wildman–Crippen LogP) is 3.70. The summed E-state index contributed by atoms with van der Waals surface area (Å²) in [6, 6.07) is 9.79. The molecule has 1 rings (SSSR count). The summed E-state index contributed by atoms with van der Waals surface area (Å²) < 4.78 is 9.41. The number of hydrogen-bond donors (Lipinski definition) is 1. The van der Waals surface area contributed by atoms with Crippen molar-refractivity contribution < 1.29 is 24.2 Å². The standard InChI is InChI=1S/C14H16O3.C7H12O2/c1-12(14(16)17-11-10-15)6-5-9-13-7-3-2-4-8-13;1-3-5-6-9-7(8)4-2/h2-5,7-9,15H,1,6,10-11H2;4H,2-3,5-6H2,1H3. The van der Waals surface area contributed by atoms with Gasteiger partial charge >= 0.3 is 11.9 Å². The Kier molecular flexibility index (Phi) is 14.2. The third-order valence-corrected chi connectivity index (χ3v) is 3.00. The van der Waals surface area contributed by atoms with Crippen molar-refractivity contribution in [2.24, 2.45) is 0 Å². The summed E-state index contributed by atoms with van der Waals surface area (Å²) >= 11 is 0. The summed E-state index contributed by atoms with van der Waals surface area (Å²) in [6.45, 7) is 9.30. The van der Waals surface area contributed by atoms with Crippen molar-refractivity contribution >= 4 is 18.0 Å². The molecule has 0 atom stereocenters. The first-order chi connectivity index (χ1) is 12.5. The van der Waals surface area contributed by atoms with Crippen LogP contribution < -0.4 is 0 Å². The molecule has 0 saturated heterocycles. The van der Waals surface area contributed by atoms with Gasteiger partial charge in [-0.2, -0.15) is 0 Å². The second kappa shape index (κ2) is 15.8. The number of carbonyl (C=O) groups excluding carboxylic acids is 2. The van der Waals surface area contributed by atoms with Crippen LogP contribution in [0.3, 0.4) is 0 Å². The molecule has 5 nitrogen and oxygen atoms in total. The monoisotopic (exact) mass is 360 g/mol. The molecule has 1 N–H and O–H groups in total. The van der Waals surface area contributed by atoms with Crippen molar-refractivity contribution in [3.05, 3.63) is 66.8 Å². The van der Waals surface area contributed by atoms with E-state index in [1.165, 1.54) is 6.08 Å². The van der Waals surface area contributed by atoms with Gasteiger partial charge in [-0.1, -0.05) is 69.0 Å². The Labute approximate surface area is 155 Å². The molecule has 0 radical (unpaired) electrons. The Bertz CT molecular complexity index is 575. The van der Waals surface area contributed by atoms with Gasteiger partial charge in [0.1, 0.15) is 6.61 Å². The number of hydrogen-bond acceptors (Lipinski definition) is 5. The highest BCUT2D eigenvalue weighted by Gasteiger charge is 2.05. The highest BCUT2D eigenvalue weighted by Crippen LogP contribution is 2.06. The number of allylic oxidation sites excluding steroid dienone is 1. The zero-order chi connectivity index (χ0) is 19.6. The predicted molar refractivity (Wildman–Crippen MR) is 103 cm³/mol. The van der Waals surface area contributed by atoms with E-state index in [1.54, 1.807) is 0 Å². The minimum atomic E-state index is -0.461. The molecule has 0 saturated carbocycles. The van der Waals surface area contributed by atoms with Crippen LogP contribution in [0, 0.1) is 0 Å². The molecule has 1 aromatic carbocycles. The lowest BCUT2D eigenvalue weighted by molar-refractivity contribution is -0.140. The summed E-state index contributed by atoms with van der Waals surface area (Å²) in [4.78, 5) is 21.6. The van der Waals surface area contributed by atoms with E-state index >= 15 is 0 Å². The van der Waals surface area contributed by atoms with E-state index < -0.39 is 5.97 Å².